The number of aryl methyl sites for hydroxylation is 1. The number of fused-ring (bicyclic) bond motifs is 1. The fourth-order valence-corrected chi connectivity index (χ4v) is 3.30. The van der Waals surface area contributed by atoms with Crippen LogP contribution in [0.25, 0.3) is 22.2 Å². The van der Waals surface area contributed by atoms with Gasteiger partial charge in [0.2, 0.25) is 0 Å². The highest BCUT2D eigenvalue weighted by molar-refractivity contribution is 6.03. The summed E-state index contributed by atoms with van der Waals surface area (Å²) < 4.78 is 1.86. The van der Waals surface area contributed by atoms with Gasteiger partial charge in [-0.15, -0.1) is 0 Å². The zero-order valence-electron chi connectivity index (χ0n) is 15.2. The molecule has 6 nitrogen and oxygen atoms in total. The van der Waals surface area contributed by atoms with E-state index in [4.69, 9.17) is 5.73 Å². The Labute approximate surface area is 151 Å². The minimum absolute atomic E-state index is 0.0504. The van der Waals surface area contributed by atoms with Gasteiger partial charge in [-0.2, -0.15) is 5.26 Å². The van der Waals surface area contributed by atoms with E-state index in [1.807, 2.05) is 25.3 Å². The number of nitrogens with two attached hydrogens (primary N) is 1. The number of rotatable bonds is 3. The molecular weight excluding hydrogens is 328 g/mol. The van der Waals surface area contributed by atoms with Crippen LogP contribution < -0.4 is 5.73 Å². The van der Waals surface area contributed by atoms with Crippen molar-refractivity contribution in [2.24, 2.45) is 5.73 Å². The van der Waals surface area contributed by atoms with Crippen LogP contribution in [0.5, 0.6) is 5.75 Å². The van der Waals surface area contributed by atoms with E-state index in [1.165, 1.54) is 0 Å². The van der Waals surface area contributed by atoms with Gasteiger partial charge in [-0.3, -0.25) is 4.79 Å². The highest BCUT2D eigenvalue weighted by Crippen LogP contribution is 2.39. The van der Waals surface area contributed by atoms with Gasteiger partial charge in [-0.05, 0) is 62.1 Å². The van der Waals surface area contributed by atoms with Crippen LogP contribution in [0.2, 0.25) is 0 Å². The van der Waals surface area contributed by atoms with E-state index in [0.29, 0.717) is 27.7 Å². The molecule has 6 heteroatoms. The van der Waals surface area contributed by atoms with E-state index in [9.17, 15) is 15.2 Å². The first kappa shape index (κ1) is 17.5. The molecular formula is C20H20N4O2. The summed E-state index contributed by atoms with van der Waals surface area (Å²) in [6.45, 7) is 7.68. The predicted octanol–water partition coefficient (Wildman–Crippen LogP) is 3.58. The number of hydrogen-bond acceptors (Lipinski definition) is 4. The maximum absolute atomic E-state index is 11.9. The number of primary amides is 1. The largest absolute Gasteiger partial charge is 0.508 e. The molecule has 26 heavy (non-hydrogen) atoms. The van der Waals surface area contributed by atoms with E-state index < -0.39 is 5.91 Å². The predicted molar refractivity (Wildman–Crippen MR) is 99.9 cm³/mol. The fourth-order valence-electron chi connectivity index (χ4n) is 3.30. The highest BCUT2D eigenvalue weighted by Gasteiger charge is 2.22. The third-order valence-electron chi connectivity index (χ3n) is 4.63. The van der Waals surface area contributed by atoms with Crippen LogP contribution in [-0.4, -0.2) is 20.6 Å². The van der Waals surface area contributed by atoms with Gasteiger partial charge in [-0.25, -0.2) is 4.98 Å². The summed E-state index contributed by atoms with van der Waals surface area (Å²) in [7, 11) is 0. The number of nitrogens with zero attached hydrogens (tertiary/aromatic N) is 3. The zero-order valence-corrected chi connectivity index (χ0v) is 15.2. The molecule has 1 aromatic carbocycles. The van der Waals surface area contributed by atoms with Gasteiger partial charge in [0.25, 0.3) is 5.91 Å². The lowest BCUT2D eigenvalue weighted by molar-refractivity contribution is 0.0996. The minimum Gasteiger partial charge on any atom is -0.508 e. The molecule has 0 atom stereocenters. The Bertz CT molecular complexity index is 1090. The summed E-state index contributed by atoms with van der Waals surface area (Å²) in [5.41, 5.74) is 9.67. The molecule has 0 aliphatic heterocycles. The molecule has 0 unspecified atom stereocenters. The molecule has 0 aliphatic rings. The smallest absolute Gasteiger partial charge is 0.267 e. The van der Waals surface area contributed by atoms with Crippen molar-refractivity contribution in [2.45, 2.75) is 33.7 Å². The van der Waals surface area contributed by atoms with Crippen molar-refractivity contribution in [3.8, 4) is 22.9 Å². The van der Waals surface area contributed by atoms with Gasteiger partial charge in [0.15, 0.2) is 0 Å². The van der Waals surface area contributed by atoms with Crippen molar-refractivity contribution in [1.29, 1.82) is 5.26 Å². The second-order valence-electron chi connectivity index (χ2n) is 6.68. The molecule has 0 saturated heterocycles. The normalized spacial score (nSPS) is 11.1. The lowest BCUT2D eigenvalue weighted by atomic mass is 9.92. The summed E-state index contributed by atoms with van der Waals surface area (Å²) in [5.74, 6) is -0.489. The number of carbonyl (C=O) groups excluding carboxylic acids is 1. The standard InChI is InChI=1S/C20H20N4O2/c1-10(2)24-9-13(8-21)18-14(7-15(19(22)26)23-20(18)24)17-11(3)5-6-16(25)12(17)4/h5-7,9-10,25H,1-4H3,(H2,22,26). The number of nitriles is 1. The summed E-state index contributed by atoms with van der Waals surface area (Å²) in [4.78, 5) is 16.3. The van der Waals surface area contributed by atoms with E-state index >= 15 is 0 Å². The van der Waals surface area contributed by atoms with Crippen molar-refractivity contribution < 1.29 is 9.90 Å². The SMILES string of the molecule is Cc1ccc(O)c(C)c1-c1cc(C(N)=O)nc2c1c(C#N)cn2C(C)C. The van der Waals surface area contributed by atoms with Gasteiger partial charge in [-0.1, -0.05) is 6.07 Å². The molecule has 132 valence electrons. The Balaban J connectivity index is 2.56. The third kappa shape index (κ3) is 2.58. The van der Waals surface area contributed by atoms with Crippen molar-refractivity contribution in [3.63, 3.8) is 0 Å². The quantitative estimate of drug-likeness (QED) is 0.754. The van der Waals surface area contributed by atoms with Gasteiger partial charge in [0.1, 0.15) is 23.2 Å². The summed E-state index contributed by atoms with van der Waals surface area (Å²) >= 11 is 0. The lowest BCUT2D eigenvalue weighted by Gasteiger charge is -2.15. The molecule has 1 amide bonds. The topological polar surface area (TPSA) is 105 Å². The zero-order chi connectivity index (χ0) is 19.2. The van der Waals surface area contributed by atoms with Crippen LogP contribution in [-0.2, 0) is 0 Å². The maximum atomic E-state index is 11.9. The lowest BCUT2D eigenvalue weighted by Crippen LogP contribution is -2.14. The number of carbonyl (C=O) groups is 1. The van der Waals surface area contributed by atoms with E-state index in [1.54, 1.807) is 31.3 Å². The van der Waals surface area contributed by atoms with Crippen LogP contribution in [0.1, 0.15) is 47.1 Å². The maximum Gasteiger partial charge on any atom is 0.267 e. The summed E-state index contributed by atoms with van der Waals surface area (Å²) in [6.07, 6.45) is 1.74. The van der Waals surface area contributed by atoms with Crippen LogP contribution >= 0.6 is 0 Å². The van der Waals surface area contributed by atoms with Crippen molar-refractivity contribution in [1.82, 2.24) is 9.55 Å². The van der Waals surface area contributed by atoms with Crippen molar-refractivity contribution >= 4 is 16.9 Å². The molecule has 0 fully saturated rings. The average molecular weight is 348 g/mol. The number of benzene rings is 1. The van der Waals surface area contributed by atoms with Gasteiger partial charge in [0, 0.05) is 17.6 Å². The Morgan fingerprint density at radius 3 is 2.62 bits per heavy atom. The van der Waals surface area contributed by atoms with Crippen LogP contribution in [0, 0.1) is 25.2 Å². The number of hydrogen-bond donors (Lipinski definition) is 2. The molecule has 0 radical (unpaired) electrons. The molecule has 3 aromatic rings. The van der Waals surface area contributed by atoms with E-state index in [-0.39, 0.29) is 17.5 Å². The number of pyridine rings is 1. The number of aromatic nitrogens is 2. The molecule has 0 saturated carbocycles. The van der Waals surface area contributed by atoms with Crippen LogP contribution in [0.3, 0.4) is 0 Å². The third-order valence-corrected chi connectivity index (χ3v) is 4.63. The molecule has 0 aliphatic carbocycles. The van der Waals surface area contributed by atoms with Crippen molar-refractivity contribution in [3.05, 3.63) is 46.8 Å². The number of phenolic OH excluding ortho intramolecular Hbond substituents is 1. The van der Waals surface area contributed by atoms with E-state index in [2.05, 4.69) is 11.1 Å². The summed E-state index contributed by atoms with van der Waals surface area (Å²) in [5, 5.41) is 20.5. The number of aromatic hydroxyl groups is 1. The monoisotopic (exact) mass is 348 g/mol. The minimum atomic E-state index is -0.640. The molecule has 3 rings (SSSR count). The molecule has 2 aromatic heterocycles. The Hall–Kier alpha value is -3.33. The number of phenols is 1. The molecule has 2 heterocycles. The Morgan fingerprint density at radius 2 is 2.04 bits per heavy atom. The Morgan fingerprint density at radius 1 is 1.35 bits per heavy atom. The fraction of sp³-hybridized carbons (Fsp3) is 0.250. The highest BCUT2D eigenvalue weighted by atomic mass is 16.3. The molecule has 3 N–H and O–H groups in total. The average Bonchev–Trinajstić information content (AvgIpc) is 2.97. The van der Waals surface area contributed by atoms with Gasteiger partial charge >= 0.3 is 0 Å². The summed E-state index contributed by atoms with van der Waals surface area (Å²) in [6, 6.07) is 7.31. The van der Waals surface area contributed by atoms with Gasteiger partial charge in [0.05, 0.1) is 5.56 Å². The second-order valence-corrected chi connectivity index (χ2v) is 6.68. The first-order valence-electron chi connectivity index (χ1n) is 8.31. The second kappa shape index (κ2) is 6.19. The Kier molecular flexibility index (Phi) is 4.17. The van der Waals surface area contributed by atoms with Crippen LogP contribution in [0.4, 0.5) is 0 Å². The molecule has 0 bridgehead atoms. The van der Waals surface area contributed by atoms with Crippen LogP contribution in [0.15, 0.2) is 24.4 Å². The van der Waals surface area contributed by atoms with Crippen molar-refractivity contribution in [2.75, 3.05) is 0 Å². The molecule has 0 spiro atoms. The van der Waals surface area contributed by atoms with Gasteiger partial charge < -0.3 is 15.4 Å². The number of amides is 1. The van der Waals surface area contributed by atoms with E-state index in [0.717, 1.165) is 11.1 Å². The first-order valence-corrected chi connectivity index (χ1v) is 8.31. The first-order chi connectivity index (χ1) is 12.3.